The molecule has 7 heteroatoms. The first-order valence-electron chi connectivity index (χ1n) is 8.00. The number of sulfonamides is 1. The van der Waals surface area contributed by atoms with Gasteiger partial charge in [-0.2, -0.15) is 0 Å². The van der Waals surface area contributed by atoms with Crippen molar-refractivity contribution in [1.82, 2.24) is 5.32 Å². The van der Waals surface area contributed by atoms with Crippen LogP contribution in [0.25, 0.3) is 0 Å². The minimum Gasteiger partial charge on any atom is -0.351 e. The van der Waals surface area contributed by atoms with Crippen LogP contribution < -0.4 is 9.62 Å². The lowest BCUT2D eigenvalue weighted by molar-refractivity contribution is -0.123. The van der Waals surface area contributed by atoms with Gasteiger partial charge in [-0.15, -0.1) is 0 Å². The van der Waals surface area contributed by atoms with Gasteiger partial charge in [-0.25, -0.2) is 8.42 Å². The molecule has 0 aliphatic rings. The van der Waals surface area contributed by atoms with Crippen molar-refractivity contribution in [2.75, 3.05) is 10.6 Å². The summed E-state index contributed by atoms with van der Waals surface area (Å²) in [7, 11) is -3.64. The fourth-order valence-electron chi connectivity index (χ4n) is 2.81. The van der Waals surface area contributed by atoms with E-state index in [-0.39, 0.29) is 23.8 Å². The third-order valence-corrected chi connectivity index (χ3v) is 5.37. The summed E-state index contributed by atoms with van der Waals surface area (Å²) in [5.41, 5.74) is 0.373. The summed E-state index contributed by atoms with van der Waals surface area (Å²) in [5, 5.41) is 3.39. The zero-order valence-electron chi connectivity index (χ0n) is 15.1. The van der Waals surface area contributed by atoms with E-state index in [1.807, 2.05) is 27.7 Å². The number of rotatable bonds is 7. The number of nitrogens with zero attached hydrogens (tertiary/aromatic N) is 1. The summed E-state index contributed by atoms with van der Waals surface area (Å²) >= 11 is 5.97. The lowest BCUT2D eigenvalue weighted by Gasteiger charge is -2.32. The summed E-state index contributed by atoms with van der Waals surface area (Å²) < 4.78 is 25.6. The first kappa shape index (κ1) is 20.8. The molecule has 0 radical (unpaired) electrons. The van der Waals surface area contributed by atoms with Crippen molar-refractivity contribution in [2.45, 2.75) is 46.7 Å². The van der Waals surface area contributed by atoms with Crippen molar-refractivity contribution >= 4 is 33.2 Å². The molecular weight excluding hydrogens is 348 g/mol. The summed E-state index contributed by atoms with van der Waals surface area (Å²) in [6.45, 7) is 9.69. The summed E-state index contributed by atoms with van der Waals surface area (Å²) in [5.74, 6) is 0.172. The fourth-order valence-corrected chi connectivity index (χ4v) is 4.16. The summed E-state index contributed by atoms with van der Waals surface area (Å²) in [6, 6.07) is 5.57. The Hall–Kier alpha value is -1.27. The predicted octanol–water partition coefficient (Wildman–Crippen LogP) is 3.29. The molecule has 0 bridgehead atoms. The van der Waals surface area contributed by atoms with Gasteiger partial charge in [0.15, 0.2) is 0 Å². The average molecular weight is 375 g/mol. The van der Waals surface area contributed by atoms with Crippen molar-refractivity contribution in [2.24, 2.45) is 11.8 Å². The highest BCUT2D eigenvalue weighted by Crippen LogP contribution is 2.24. The number of anilines is 1. The Morgan fingerprint density at radius 3 is 2.08 bits per heavy atom. The van der Waals surface area contributed by atoms with E-state index in [0.29, 0.717) is 10.7 Å². The van der Waals surface area contributed by atoms with Crippen LogP contribution in [-0.4, -0.2) is 32.7 Å². The molecule has 24 heavy (non-hydrogen) atoms. The van der Waals surface area contributed by atoms with Crippen LogP contribution in [-0.2, 0) is 14.8 Å². The lowest BCUT2D eigenvalue weighted by Crippen LogP contribution is -2.52. The van der Waals surface area contributed by atoms with Crippen LogP contribution in [0.15, 0.2) is 24.3 Å². The van der Waals surface area contributed by atoms with Crippen molar-refractivity contribution < 1.29 is 13.2 Å². The number of benzene rings is 1. The lowest BCUT2D eigenvalue weighted by atomic mass is 9.93. The maximum absolute atomic E-state index is 12.7. The van der Waals surface area contributed by atoms with Gasteiger partial charge in [0.25, 0.3) is 0 Å². The zero-order chi connectivity index (χ0) is 18.7. The van der Waals surface area contributed by atoms with E-state index in [9.17, 15) is 13.2 Å². The molecule has 0 heterocycles. The molecule has 1 aromatic rings. The first-order valence-corrected chi connectivity index (χ1v) is 10.2. The molecule has 5 nitrogen and oxygen atoms in total. The molecule has 1 N–H and O–H groups in total. The third-order valence-electron chi connectivity index (χ3n) is 3.90. The monoisotopic (exact) mass is 374 g/mol. The second kappa shape index (κ2) is 8.21. The SMILES string of the molecule is CC(C)C(NC(=O)[C@@H](C)N(c1cccc(Cl)c1)S(C)(=O)=O)C(C)C. The van der Waals surface area contributed by atoms with Crippen molar-refractivity contribution in [3.63, 3.8) is 0 Å². The molecular formula is C17H27ClN2O3S. The highest BCUT2D eigenvalue weighted by molar-refractivity contribution is 7.92. The number of nitrogens with one attached hydrogen (secondary N) is 1. The molecule has 0 spiro atoms. The minimum absolute atomic E-state index is 0.0271. The Balaban J connectivity index is 3.14. The molecule has 0 aromatic heterocycles. The largest absolute Gasteiger partial charge is 0.351 e. The quantitative estimate of drug-likeness (QED) is 0.796. The van der Waals surface area contributed by atoms with Crippen molar-refractivity contribution in [3.8, 4) is 0 Å². The first-order chi connectivity index (χ1) is 10.9. The maximum atomic E-state index is 12.7. The van der Waals surface area contributed by atoms with E-state index in [4.69, 9.17) is 11.6 Å². The van der Waals surface area contributed by atoms with Crippen LogP contribution >= 0.6 is 11.6 Å². The standard InChI is InChI=1S/C17H27ClN2O3S/c1-11(2)16(12(3)4)19-17(21)13(5)20(24(6,22)23)15-9-7-8-14(18)10-15/h7-13,16H,1-6H3,(H,19,21)/t13-/m1/s1. The maximum Gasteiger partial charge on any atom is 0.243 e. The fraction of sp³-hybridized carbons (Fsp3) is 0.588. The summed E-state index contributed by atoms with van der Waals surface area (Å²) in [6.07, 6.45) is 1.08. The predicted molar refractivity (Wildman–Crippen MR) is 99.8 cm³/mol. The topological polar surface area (TPSA) is 66.5 Å². The number of amides is 1. The van der Waals surface area contributed by atoms with E-state index in [2.05, 4.69) is 5.32 Å². The van der Waals surface area contributed by atoms with Crippen molar-refractivity contribution in [3.05, 3.63) is 29.3 Å². The minimum atomic E-state index is -3.64. The molecule has 1 atom stereocenters. The van der Waals surface area contributed by atoms with Gasteiger partial charge in [0.1, 0.15) is 6.04 Å². The number of carbonyl (C=O) groups excluding carboxylic acids is 1. The van der Waals surface area contributed by atoms with Gasteiger partial charge in [0.2, 0.25) is 15.9 Å². The molecule has 0 aliphatic carbocycles. The van der Waals surface area contributed by atoms with Crippen LogP contribution in [0.1, 0.15) is 34.6 Å². The highest BCUT2D eigenvalue weighted by atomic mass is 35.5. The van der Waals surface area contributed by atoms with E-state index >= 15 is 0 Å². The second-order valence-corrected chi connectivity index (χ2v) is 9.03. The molecule has 1 aromatic carbocycles. The van der Waals surface area contributed by atoms with Crippen LogP contribution in [0.5, 0.6) is 0 Å². The smallest absolute Gasteiger partial charge is 0.243 e. The Morgan fingerprint density at radius 1 is 1.12 bits per heavy atom. The van der Waals surface area contributed by atoms with Crippen LogP contribution in [0, 0.1) is 11.8 Å². The molecule has 0 unspecified atom stereocenters. The Kier molecular flexibility index (Phi) is 7.10. The normalized spacial score (nSPS) is 13.4. The van der Waals surface area contributed by atoms with E-state index < -0.39 is 16.1 Å². The highest BCUT2D eigenvalue weighted by Gasteiger charge is 2.31. The molecule has 0 fully saturated rings. The number of hydrogen-bond donors (Lipinski definition) is 1. The third kappa shape index (κ3) is 5.38. The average Bonchev–Trinajstić information content (AvgIpc) is 2.42. The Labute approximate surface area is 150 Å². The van der Waals surface area contributed by atoms with Gasteiger partial charge < -0.3 is 5.32 Å². The number of halogens is 1. The Morgan fingerprint density at radius 2 is 1.67 bits per heavy atom. The van der Waals surface area contributed by atoms with Gasteiger partial charge in [0, 0.05) is 11.1 Å². The molecule has 0 saturated heterocycles. The molecule has 136 valence electrons. The second-order valence-electron chi connectivity index (χ2n) is 6.74. The van der Waals surface area contributed by atoms with Crippen LogP contribution in [0.2, 0.25) is 5.02 Å². The zero-order valence-corrected chi connectivity index (χ0v) is 16.6. The number of hydrogen-bond acceptors (Lipinski definition) is 3. The summed E-state index contributed by atoms with van der Waals surface area (Å²) in [4.78, 5) is 12.7. The number of carbonyl (C=O) groups is 1. The van der Waals surface area contributed by atoms with Gasteiger partial charge >= 0.3 is 0 Å². The molecule has 1 amide bonds. The van der Waals surface area contributed by atoms with E-state index in [0.717, 1.165) is 10.6 Å². The van der Waals surface area contributed by atoms with Crippen LogP contribution in [0.4, 0.5) is 5.69 Å². The molecule has 1 rings (SSSR count). The molecule has 0 aliphatic heterocycles. The van der Waals surface area contributed by atoms with E-state index in [1.54, 1.807) is 25.1 Å². The molecule has 0 saturated carbocycles. The van der Waals surface area contributed by atoms with Crippen molar-refractivity contribution in [1.29, 1.82) is 0 Å². The van der Waals surface area contributed by atoms with E-state index in [1.165, 1.54) is 6.07 Å². The van der Waals surface area contributed by atoms with Gasteiger partial charge in [-0.3, -0.25) is 9.10 Å². The van der Waals surface area contributed by atoms with Gasteiger partial charge in [0.05, 0.1) is 11.9 Å². The van der Waals surface area contributed by atoms with Gasteiger partial charge in [-0.1, -0.05) is 45.4 Å². The van der Waals surface area contributed by atoms with Crippen LogP contribution in [0.3, 0.4) is 0 Å². The van der Waals surface area contributed by atoms with Gasteiger partial charge in [-0.05, 0) is 37.0 Å². The Bertz CT molecular complexity index is 666.